The summed E-state index contributed by atoms with van der Waals surface area (Å²) in [5, 5.41) is 2.74. The molecule has 0 atom stereocenters. The van der Waals surface area contributed by atoms with E-state index in [1.54, 1.807) is 10.6 Å². The quantitative estimate of drug-likeness (QED) is 0.461. The number of rotatable bonds is 7. The first-order chi connectivity index (χ1) is 16.6. The molecule has 0 saturated heterocycles. The third kappa shape index (κ3) is 5.36. The lowest BCUT2D eigenvalue weighted by molar-refractivity contribution is -0.115. The van der Waals surface area contributed by atoms with Gasteiger partial charge in [0.15, 0.2) is 14.6 Å². The number of esters is 1. The average molecular weight is 540 g/mol. The highest BCUT2D eigenvalue weighted by Crippen LogP contribution is 2.39. The SMILES string of the molecule is CCn1c(=NC(=O)CS(=O)(=O)CC(=O)Nc2sc3c(c2C(=O)OC)CCC3)sc2cc(F)ccc21. The molecule has 9 nitrogen and oxygen atoms in total. The number of aryl methyl sites for hydroxylation is 2. The molecule has 1 aliphatic rings. The molecule has 0 saturated carbocycles. The molecule has 4 rings (SSSR count). The van der Waals surface area contributed by atoms with Gasteiger partial charge in [-0.2, -0.15) is 4.99 Å². The Morgan fingerprint density at radius 3 is 2.69 bits per heavy atom. The number of ether oxygens (including phenoxy) is 1. The van der Waals surface area contributed by atoms with Gasteiger partial charge in [-0.25, -0.2) is 17.6 Å². The van der Waals surface area contributed by atoms with Gasteiger partial charge in [-0.3, -0.25) is 9.59 Å². The van der Waals surface area contributed by atoms with Crippen molar-refractivity contribution in [2.45, 2.75) is 32.7 Å². The van der Waals surface area contributed by atoms with Crippen LogP contribution in [0.25, 0.3) is 10.2 Å². The van der Waals surface area contributed by atoms with Gasteiger partial charge in [-0.05, 0) is 49.9 Å². The molecule has 1 aromatic carbocycles. The van der Waals surface area contributed by atoms with Gasteiger partial charge in [0.1, 0.15) is 22.3 Å². The minimum absolute atomic E-state index is 0.244. The highest BCUT2D eigenvalue weighted by molar-refractivity contribution is 7.92. The predicted molar refractivity (Wildman–Crippen MR) is 131 cm³/mol. The number of amides is 2. The molecule has 186 valence electrons. The van der Waals surface area contributed by atoms with Crippen molar-refractivity contribution in [3.63, 3.8) is 0 Å². The van der Waals surface area contributed by atoms with Gasteiger partial charge >= 0.3 is 5.97 Å². The van der Waals surface area contributed by atoms with Crippen LogP contribution in [0, 0.1) is 5.82 Å². The predicted octanol–water partition coefficient (Wildman–Crippen LogP) is 2.68. The number of thiazole rings is 1. The standard InChI is InChI=1S/C22H22FN3O6S3/c1-3-26-14-8-7-12(23)9-16(14)34-22(26)25-18(28)11-35(30,31)10-17(27)24-20-19(21(29)32-2)13-5-4-6-15(13)33-20/h7-9H,3-6,10-11H2,1-2H3,(H,24,27). The van der Waals surface area contributed by atoms with Crippen molar-refractivity contribution in [3.8, 4) is 0 Å². The zero-order valence-electron chi connectivity index (χ0n) is 18.9. The third-order valence-electron chi connectivity index (χ3n) is 5.44. The summed E-state index contributed by atoms with van der Waals surface area (Å²) >= 11 is 2.30. The number of hydrogen-bond donors (Lipinski definition) is 1. The van der Waals surface area contributed by atoms with Gasteiger partial charge in [-0.1, -0.05) is 11.3 Å². The van der Waals surface area contributed by atoms with Crippen molar-refractivity contribution in [3.05, 3.63) is 44.8 Å². The Morgan fingerprint density at radius 2 is 1.97 bits per heavy atom. The van der Waals surface area contributed by atoms with E-state index in [1.807, 2.05) is 6.92 Å². The Morgan fingerprint density at radius 1 is 1.20 bits per heavy atom. The Kier molecular flexibility index (Phi) is 7.20. The van der Waals surface area contributed by atoms with Crippen LogP contribution in [0.5, 0.6) is 0 Å². The van der Waals surface area contributed by atoms with Crippen LogP contribution in [-0.2, 0) is 43.5 Å². The topological polar surface area (TPSA) is 124 Å². The fourth-order valence-corrected chi connectivity index (χ4v) is 7.43. The number of nitrogens with one attached hydrogen (secondary N) is 1. The second-order valence-corrected chi connectivity index (χ2v) is 12.1. The van der Waals surface area contributed by atoms with Crippen molar-refractivity contribution in [1.82, 2.24) is 4.57 Å². The molecule has 1 aliphatic carbocycles. The molecule has 13 heteroatoms. The summed E-state index contributed by atoms with van der Waals surface area (Å²) in [7, 11) is -2.90. The largest absolute Gasteiger partial charge is 0.465 e. The van der Waals surface area contributed by atoms with Crippen LogP contribution < -0.4 is 10.1 Å². The van der Waals surface area contributed by atoms with Gasteiger partial charge in [0.2, 0.25) is 5.91 Å². The zero-order chi connectivity index (χ0) is 25.3. The first-order valence-electron chi connectivity index (χ1n) is 10.7. The number of benzene rings is 1. The number of carbonyl (C=O) groups excluding carboxylic acids is 3. The third-order valence-corrected chi connectivity index (χ3v) is 9.08. The van der Waals surface area contributed by atoms with Gasteiger partial charge in [-0.15, -0.1) is 11.3 Å². The number of anilines is 1. The molecule has 1 N–H and O–H groups in total. The molecule has 0 unspecified atom stereocenters. The summed E-state index contributed by atoms with van der Waals surface area (Å²) in [6.07, 6.45) is 2.35. The summed E-state index contributed by atoms with van der Waals surface area (Å²) < 4.78 is 45.7. The monoisotopic (exact) mass is 539 g/mol. The second-order valence-electron chi connectivity index (χ2n) is 7.88. The minimum Gasteiger partial charge on any atom is -0.465 e. The number of hydrogen-bond acceptors (Lipinski definition) is 8. The van der Waals surface area contributed by atoms with E-state index in [4.69, 9.17) is 4.74 Å². The maximum absolute atomic E-state index is 13.5. The molecule has 0 aliphatic heterocycles. The molecule has 2 amide bonds. The van der Waals surface area contributed by atoms with Crippen molar-refractivity contribution in [2.75, 3.05) is 23.9 Å². The number of methoxy groups -OCH3 is 1. The molecular formula is C22H22FN3O6S3. The first-order valence-corrected chi connectivity index (χ1v) is 14.2. The van der Waals surface area contributed by atoms with Crippen LogP contribution in [-0.4, -0.2) is 49.4 Å². The smallest absolute Gasteiger partial charge is 0.341 e. The van der Waals surface area contributed by atoms with Gasteiger partial charge in [0.05, 0.1) is 22.9 Å². The summed E-state index contributed by atoms with van der Waals surface area (Å²) in [4.78, 5) is 42.3. The molecule has 0 spiro atoms. The van der Waals surface area contributed by atoms with E-state index in [9.17, 15) is 27.2 Å². The van der Waals surface area contributed by atoms with E-state index in [1.165, 1.54) is 30.6 Å². The maximum Gasteiger partial charge on any atom is 0.341 e. The summed E-state index contributed by atoms with van der Waals surface area (Å²) in [5.74, 6) is -4.72. The fourth-order valence-electron chi connectivity index (χ4n) is 3.99. The van der Waals surface area contributed by atoms with E-state index >= 15 is 0 Å². The normalized spacial score (nSPS) is 13.7. The molecule has 2 aromatic heterocycles. The molecule has 0 radical (unpaired) electrons. The van der Waals surface area contributed by atoms with Crippen LogP contribution in [0.4, 0.5) is 9.39 Å². The van der Waals surface area contributed by atoms with Crippen molar-refractivity contribution >= 4 is 65.5 Å². The lowest BCUT2D eigenvalue weighted by atomic mass is 10.1. The summed E-state index contributed by atoms with van der Waals surface area (Å²) in [5.41, 5.74) is 1.76. The van der Waals surface area contributed by atoms with E-state index in [-0.39, 0.29) is 15.4 Å². The highest BCUT2D eigenvalue weighted by Gasteiger charge is 2.29. The lowest BCUT2D eigenvalue weighted by Crippen LogP contribution is -2.28. The number of sulfone groups is 1. The Bertz CT molecular complexity index is 1520. The maximum atomic E-state index is 13.5. The van der Waals surface area contributed by atoms with Gasteiger partial charge in [0, 0.05) is 11.4 Å². The van der Waals surface area contributed by atoms with Crippen molar-refractivity contribution in [2.24, 2.45) is 4.99 Å². The summed E-state index contributed by atoms with van der Waals surface area (Å²) in [6.45, 7) is 2.27. The molecule has 35 heavy (non-hydrogen) atoms. The van der Waals surface area contributed by atoms with E-state index < -0.39 is 44.9 Å². The van der Waals surface area contributed by atoms with Gasteiger partial charge < -0.3 is 14.6 Å². The molecule has 2 heterocycles. The molecule has 0 fully saturated rings. The first kappa shape index (κ1) is 25.2. The number of nitrogens with zero attached hydrogens (tertiary/aromatic N) is 2. The Hall–Kier alpha value is -2.90. The molecule has 0 bridgehead atoms. The fraction of sp³-hybridized carbons (Fsp3) is 0.364. The Balaban J connectivity index is 1.49. The van der Waals surface area contributed by atoms with E-state index in [0.717, 1.165) is 34.6 Å². The number of carbonyl (C=O) groups is 3. The molecule has 3 aromatic rings. The minimum atomic E-state index is -4.14. The van der Waals surface area contributed by atoms with Crippen molar-refractivity contribution < 1.29 is 31.9 Å². The van der Waals surface area contributed by atoms with E-state index in [0.29, 0.717) is 23.2 Å². The van der Waals surface area contributed by atoms with Crippen LogP contribution in [0.3, 0.4) is 0 Å². The highest BCUT2D eigenvalue weighted by atomic mass is 32.2. The lowest BCUT2D eigenvalue weighted by Gasteiger charge is -2.07. The number of aromatic nitrogens is 1. The zero-order valence-corrected chi connectivity index (χ0v) is 21.4. The number of thiophene rings is 1. The van der Waals surface area contributed by atoms with Gasteiger partial charge in [0.25, 0.3) is 5.91 Å². The average Bonchev–Trinajstić information content (AvgIpc) is 3.44. The van der Waals surface area contributed by atoms with Crippen LogP contribution in [0.2, 0.25) is 0 Å². The molecular weight excluding hydrogens is 517 g/mol. The second kappa shape index (κ2) is 9.99. The summed E-state index contributed by atoms with van der Waals surface area (Å²) in [6, 6.07) is 4.18. The van der Waals surface area contributed by atoms with E-state index in [2.05, 4.69) is 10.3 Å². The Labute approximate surface area is 208 Å². The number of fused-ring (bicyclic) bond motifs is 2. The van der Waals surface area contributed by atoms with Crippen LogP contribution >= 0.6 is 22.7 Å². The van der Waals surface area contributed by atoms with Crippen molar-refractivity contribution in [1.29, 1.82) is 0 Å². The van der Waals surface area contributed by atoms with Crippen LogP contribution in [0.1, 0.15) is 34.1 Å². The van der Waals surface area contributed by atoms with Crippen LogP contribution in [0.15, 0.2) is 23.2 Å². The number of halogens is 1.